The molecule has 102 valence electrons. The molecule has 0 aliphatic carbocycles. The van der Waals surface area contributed by atoms with Gasteiger partial charge in [-0.3, -0.25) is 0 Å². The Morgan fingerprint density at radius 1 is 0.545 bits per heavy atom. The Hall–Kier alpha value is -3.29. The third-order valence-electron chi connectivity index (χ3n) is 3.02. The standard InChI is InChI=1S/C21H13N/c1-3-8-18(9-4-1)13-15-20-12-7-17-22-21(20)16-14-19-10-5-2-6-11-19/h1-12,17H. The first-order chi connectivity index (χ1) is 10.9. The molecule has 3 rings (SSSR count). The van der Waals surface area contributed by atoms with Crippen LogP contribution in [0.4, 0.5) is 0 Å². The van der Waals surface area contributed by atoms with Crippen molar-refractivity contribution in [2.75, 3.05) is 0 Å². The summed E-state index contributed by atoms with van der Waals surface area (Å²) in [6.07, 6.45) is 1.74. The van der Waals surface area contributed by atoms with Gasteiger partial charge in [-0.2, -0.15) is 0 Å². The molecule has 0 bridgehead atoms. The van der Waals surface area contributed by atoms with Gasteiger partial charge in [-0.05, 0) is 42.3 Å². The Labute approximate surface area is 130 Å². The van der Waals surface area contributed by atoms with Crippen molar-refractivity contribution < 1.29 is 0 Å². The van der Waals surface area contributed by atoms with Crippen LogP contribution >= 0.6 is 0 Å². The molecule has 3 aromatic rings. The summed E-state index contributed by atoms with van der Waals surface area (Å²) in [6.45, 7) is 0. The van der Waals surface area contributed by atoms with Crippen molar-refractivity contribution in [2.45, 2.75) is 0 Å². The van der Waals surface area contributed by atoms with Crippen LogP contribution in [0, 0.1) is 23.7 Å². The highest BCUT2D eigenvalue weighted by Gasteiger charge is 1.96. The molecule has 0 amide bonds. The summed E-state index contributed by atoms with van der Waals surface area (Å²) >= 11 is 0. The summed E-state index contributed by atoms with van der Waals surface area (Å²) in [7, 11) is 0. The molecule has 2 aromatic carbocycles. The second-order valence-corrected chi connectivity index (χ2v) is 4.63. The zero-order valence-corrected chi connectivity index (χ0v) is 12.0. The van der Waals surface area contributed by atoms with Crippen molar-refractivity contribution >= 4 is 0 Å². The number of hydrogen-bond acceptors (Lipinski definition) is 1. The van der Waals surface area contributed by atoms with Crippen molar-refractivity contribution in [3.8, 4) is 23.7 Å². The topological polar surface area (TPSA) is 12.9 Å². The third kappa shape index (κ3) is 3.63. The highest BCUT2D eigenvalue weighted by atomic mass is 14.7. The summed E-state index contributed by atoms with van der Waals surface area (Å²) in [5.74, 6) is 12.5. The van der Waals surface area contributed by atoms with Crippen LogP contribution in [0.2, 0.25) is 0 Å². The SMILES string of the molecule is C(#Cc1cccnc1C#Cc1ccccc1)c1ccccc1. The maximum atomic E-state index is 4.33. The van der Waals surface area contributed by atoms with E-state index in [1.54, 1.807) is 6.20 Å². The van der Waals surface area contributed by atoms with E-state index < -0.39 is 0 Å². The normalized spacial score (nSPS) is 9.09. The summed E-state index contributed by atoms with van der Waals surface area (Å²) in [6, 6.07) is 23.6. The van der Waals surface area contributed by atoms with E-state index in [0.29, 0.717) is 5.69 Å². The van der Waals surface area contributed by atoms with Crippen LogP contribution in [0.1, 0.15) is 22.4 Å². The van der Waals surface area contributed by atoms with Gasteiger partial charge in [0.05, 0.1) is 5.56 Å². The molecule has 1 heterocycles. The molecule has 0 fully saturated rings. The summed E-state index contributed by atoms with van der Waals surface area (Å²) in [4.78, 5) is 4.33. The zero-order chi connectivity index (χ0) is 15.0. The third-order valence-corrected chi connectivity index (χ3v) is 3.02. The molecule has 0 atom stereocenters. The fourth-order valence-electron chi connectivity index (χ4n) is 1.92. The molecule has 1 heteroatoms. The molecular weight excluding hydrogens is 266 g/mol. The van der Waals surface area contributed by atoms with E-state index in [4.69, 9.17) is 0 Å². The first-order valence-electron chi connectivity index (χ1n) is 7.01. The molecule has 1 nitrogen and oxygen atoms in total. The van der Waals surface area contributed by atoms with E-state index in [-0.39, 0.29) is 0 Å². The van der Waals surface area contributed by atoms with E-state index in [1.165, 1.54) is 0 Å². The van der Waals surface area contributed by atoms with Crippen LogP contribution in [-0.4, -0.2) is 4.98 Å². The number of pyridine rings is 1. The van der Waals surface area contributed by atoms with Crippen molar-refractivity contribution in [3.05, 3.63) is 101 Å². The molecule has 0 saturated carbocycles. The van der Waals surface area contributed by atoms with Crippen LogP contribution in [0.5, 0.6) is 0 Å². The van der Waals surface area contributed by atoms with Crippen molar-refractivity contribution in [1.82, 2.24) is 4.98 Å². The van der Waals surface area contributed by atoms with Crippen molar-refractivity contribution in [2.24, 2.45) is 0 Å². The molecule has 0 spiro atoms. The first kappa shape index (κ1) is 13.7. The minimum Gasteiger partial charge on any atom is -0.246 e. The predicted octanol–water partition coefficient (Wildman–Crippen LogP) is 3.88. The highest BCUT2D eigenvalue weighted by molar-refractivity contribution is 5.51. The molecule has 22 heavy (non-hydrogen) atoms. The molecule has 1 aromatic heterocycles. The van der Waals surface area contributed by atoms with Crippen LogP contribution in [0.3, 0.4) is 0 Å². The van der Waals surface area contributed by atoms with E-state index >= 15 is 0 Å². The Morgan fingerprint density at radius 3 is 1.77 bits per heavy atom. The average molecular weight is 279 g/mol. The van der Waals surface area contributed by atoms with Crippen LogP contribution in [-0.2, 0) is 0 Å². The van der Waals surface area contributed by atoms with Gasteiger partial charge in [0.15, 0.2) is 0 Å². The fourth-order valence-corrected chi connectivity index (χ4v) is 1.92. The molecular formula is C21H13N. The summed E-state index contributed by atoms with van der Waals surface area (Å²) in [5.41, 5.74) is 3.49. The van der Waals surface area contributed by atoms with Crippen LogP contribution < -0.4 is 0 Å². The average Bonchev–Trinajstić information content (AvgIpc) is 2.61. The van der Waals surface area contributed by atoms with Gasteiger partial charge in [0.2, 0.25) is 0 Å². The van der Waals surface area contributed by atoms with Gasteiger partial charge in [0, 0.05) is 17.3 Å². The lowest BCUT2D eigenvalue weighted by Gasteiger charge is -1.94. The second-order valence-electron chi connectivity index (χ2n) is 4.63. The van der Waals surface area contributed by atoms with Crippen LogP contribution in [0.15, 0.2) is 79.0 Å². The van der Waals surface area contributed by atoms with Crippen molar-refractivity contribution in [3.63, 3.8) is 0 Å². The zero-order valence-electron chi connectivity index (χ0n) is 12.0. The summed E-state index contributed by atoms with van der Waals surface area (Å²) < 4.78 is 0. The molecule has 0 aliphatic heterocycles. The minimum atomic E-state index is 0.704. The summed E-state index contributed by atoms with van der Waals surface area (Å²) in [5, 5.41) is 0. The monoisotopic (exact) mass is 279 g/mol. The fraction of sp³-hybridized carbons (Fsp3) is 0. The maximum Gasteiger partial charge on any atom is 0.129 e. The van der Waals surface area contributed by atoms with E-state index in [0.717, 1.165) is 16.7 Å². The number of nitrogens with zero attached hydrogens (tertiary/aromatic N) is 1. The van der Waals surface area contributed by atoms with Gasteiger partial charge in [-0.1, -0.05) is 54.2 Å². The number of hydrogen-bond donors (Lipinski definition) is 0. The van der Waals surface area contributed by atoms with E-state index in [2.05, 4.69) is 28.7 Å². The van der Waals surface area contributed by atoms with Gasteiger partial charge in [0.25, 0.3) is 0 Å². The van der Waals surface area contributed by atoms with Gasteiger partial charge < -0.3 is 0 Å². The minimum absolute atomic E-state index is 0.704. The van der Waals surface area contributed by atoms with Crippen molar-refractivity contribution in [1.29, 1.82) is 0 Å². The molecule has 0 aliphatic rings. The molecule has 0 radical (unpaired) electrons. The largest absolute Gasteiger partial charge is 0.246 e. The molecule has 0 saturated heterocycles. The van der Waals surface area contributed by atoms with Gasteiger partial charge in [-0.15, -0.1) is 0 Å². The Balaban J connectivity index is 1.92. The lowest BCUT2D eigenvalue weighted by Crippen LogP contribution is -1.88. The quantitative estimate of drug-likeness (QED) is 0.569. The van der Waals surface area contributed by atoms with Gasteiger partial charge in [-0.25, -0.2) is 4.98 Å². The van der Waals surface area contributed by atoms with E-state index in [1.807, 2.05) is 72.8 Å². The Kier molecular flexibility index (Phi) is 4.31. The highest BCUT2D eigenvalue weighted by Crippen LogP contribution is 2.04. The number of rotatable bonds is 0. The molecule has 0 unspecified atom stereocenters. The van der Waals surface area contributed by atoms with Gasteiger partial charge >= 0.3 is 0 Å². The Morgan fingerprint density at radius 2 is 1.14 bits per heavy atom. The maximum absolute atomic E-state index is 4.33. The number of aromatic nitrogens is 1. The first-order valence-corrected chi connectivity index (χ1v) is 7.01. The number of benzene rings is 2. The smallest absolute Gasteiger partial charge is 0.129 e. The predicted molar refractivity (Wildman–Crippen MR) is 89.1 cm³/mol. The van der Waals surface area contributed by atoms with E-state index in [9.17, 15) is 0 Å². The molecule has 0 N–H and O–H groups in total. The lowest BCUT2D eigenvalue weighted by molar-refractivity contribution is 1.27. The van der Waals surface area contributed by atoms with Crippen LogP contribution in [0.25, 0.3) is 0 Å². The van der Waals surface area contributed by atoms with Gasteiger partial charge in [0.1, 0.15) is 5.69 Å². The lowest BCUT2D eigenvalue weighted by atomic mass is 10.1. The second kappa shape index (κ2) is 6.93. The Bertz CT molecular complexity index is 796.